The summed E-state index contributed by atoms with van der Waals surface area (Å²) in [5.41, 5.74) is 0.0238. The van der Waals surface area contributed by atoms with Crippen molar-refractivity contribution in [1.29, 1.82) is 0 Å². The Kier molecular flexibility index (Phi) is 5.17. The van der Waals surface area contributed by atoms with Crippen LogP contribution in [-0.4, -0.2) is 25.9 Å². The van der Waals surface area contributed by atoms with Crippen LogP contribution < -0.4 is 4.72 Å². The third kappa shape index (κ3) is 4.89. The van der Waals surface area contributed by atoms with Gasteiger partial charge in [-0.05, 0) is 31.0 Å². The van der Waals surface area contributed by atoms with Crippen LogP contribution in [0.1, 0.15) is 12.8 Å². The maximum atomic E-state index is 12.9. The van der Waals surface area contributed by atoms with Gasteiger partial charge >= 0.3 is 0 Å². The summed E-state index contributed by atoms with van der Waals surface area (Å²) < 4.78 is 38.2. The van der Waals surface area contributed by atoms with E-state index in [0.717, 1.165) is 12.1 Å². The summed E-state index contributed by atoms with van der Waals surface area (Å²) in [7, 11) is -3.56. The number of benzene rings is 1. The summed E-state index contributed by atoms with van der Waals surface area (Å²) in [6.07, 6.45) is 0.733. The standard InChI is InChI=1S/C10H13ClFNO3S/c11-9-4-3-8(12)7-10(9)13-17(15,16)6-2-1-5-14/h3-4,7,13-14H,1-2,5-6H2. The van der Waals surface area contributed by atoms with Gasteiger partial charge in [0.2, 0.25) is 10.0 Å². The van der Waals surface area contributed by atoms with Gasteiger partial charge in [0.25, 0.3) is 0 Å². The van der Waals surface area contributed by atoms with Gasteiger partial charge in [-0.25, -0.2) is 12.8 Å². The highest BCUT2D eigenvalue weighted by Crippen LogP contribution is 2.23. The summed E-state index contributed by atoms with van der Waals surface area (Å²) in [5.74, 6) is -0.706. The van der Waals surface area contributed by atoms with E-state index in [1.807, 2.05) is 0 Å². The van der Waals surface area contributed by atoms with E-state index in [9.17, 15) is 12.8 Å². The lowest BCUT2D eigenvalue weighted by atomic mass is 10.3. The van der Waals surface area contributed by atoms with E-state index in [1.165, 1.54) is 6.07 Å². The van der Waals surface area contributed by atoms with Gasteiger partial charge in [0, 0.05) is 6.61 Å². The van der Waals surface area contributed by atoms with Crippen LogP contribution in [0.2, 0.25) is 5.02 Å². The van der Waals surface area contributed by atoms with Crippen molar-refractivity contribution in [3.8, 4) is 0 Å². The maximum Gasteiger partial charge on any atom is 0.232 e. The molecule has 0 radical (unpaired) electrons. The Morgan fingerprint density at radius 1 is 1.35 bits per heavy atom. The monoisotopic (exact) mass is 281 g/mol. The second-order valence-electron chi connectivity index (χ2n) is 3.48. The number of sulfonamides is 1. The quantitative estimate of drug-likeness (QED) is 0.784. The van der Waals surface area contributed by atoms with E-state index in [1.54, 1.807) is 0 Å². The molecule has 0 spiro atoms. The van der Waals surface area contributed by atoms with Crippen LogP contribution >= 0.6 is 11.6 Å². The Labute approximate surface area is 104 Å². The number of anilines is 1. The van der Waals surface area contributed by atoms with Gasteiger partial charge < -0.3 is 5.11 Å². The van der Waals surface area contributed by atoms with E-state index in [-0.39, 0.29) is 23.1 Å². The lowest BCUT2D eigenvalue weighted by Gasteiger charge is -2.09. The Hall–Kier alpha value is -0.850. The van der Waals surface area contributed by atoms with Crippen LogP contribution in [0.5, 0.6) is 0 Å². The minimum atomic E-state index is -3.56. The lowest BCUT2D eigenvalue weighted by Crippen LogP contribution is -2.17. The molecule has 0 aromatic heterocycles. The second kappa shape index (κ2) is 6.18. The van der Waals surface area contributed by atoms with Crippen LogP contribution in [0, 0.1) is 5.82 Å². The van der Waals surface area contributed by atoms with Gasteiger partial charge in [0.1, 0.15) is 5.82 Å². The fourth-order valence-corrected chi connectivity index (χ4v) is 2.61. The number of aliphatic hydroxyl groups excluding tert-OH is 1. The van der Waals surface area contributed by atoms with Crippen LogP contribution in [0.25, 0.3) is 0 Å². The van der Waals surface area contributed by atoms with E-state index in [4.69, 9.17) is 16.7 Å². The number of halogens is 2. The Morgan fingerprint density at radius 3 is 2.71 bits per heavy atom. The number of nitrogens with one attached hydrogen (secondary N) is 1. The third-order valence-corrected chi connectivity index (χ3v) is 3.70. The Balaban J connectivity index is 2.72. The molecule has 7 heteroatoms. The average molecular weight is 282 g/mol. The molecule has 4 nitrogen and oxygen atoms in total. The molecule has 1 rings (SSSR count). The zero-order chi connectivity index (χ0) is 12.9. The van der Waals surface area contributed by atoms with Gasteiger partial charge in [-0.15, -0.1) is 0 Å². The predicted octanol–water partition coefficient (Wildman–Crippen LogP) is 1.99. The zero-order valence-electron chi connectivity index (χ0n) is 8.99. The van der Waals surface area contributed by atoms with Crippen LogP contribution in [0.4, 0.5) is 10.1 Å². The first kappa shape index (κ1) is 14.2. The van der Waals surface area contributed by atoms with Crippen molar-refractivity contribution in [2.24, 2.45) is 0 Å². The molecular formula is C10H13ClFNO3S. The Bertz CT molecular complexity index is 478. The fourth-order valence-electron chi connectivity index (χ4n) is 1.20. The first-order valence-electron chi connectivity index (χ1n) is 5.01. The summed E-state index contributed by atoms with van der Waals surface area (Å²) in [6.45, 7) is -0.0593. The summed E-state index contributed by atoms with van der Waals surface area (Å²) in [4.78, 5) is 0. The van der Waals surface area contributed by atoms with Crippen molar-refractivity contribution in [3.05, 3.63) is 29.0 Å². The fraction of sp³-hybridized carbons (Fsp3) is 0.400. The van der Waals surface area contributed by atoms with Crippen molar-refractivity contribution >= 4 is 27.3 Å². The minimum absolute atomic E-state index is 0.0238. The van der Waals surface area contributed by atoms with Crippen LogP contribution in [0.3, 0.4) is 0 Å². The van der Waals surface area contributed by atoms with Crippen molar-refractivity contribution in [2.45, 2.75) is 12.8 Å². The number of hydrogen-bond donors (Lipinski definition) is 2. The van der Waals surface area contributed by atoms with Crippen molar-refractivity contribution in [2.75, 3.05) is 17.1 Å². The van der Waals surface area contributed by atoms with E-state index in [2.05, 4.69) is 4.72 Å². The second-order valence-corrected chi connectivity index (χ2v) is 5.72. The maximum absolute atomic E-state index is 12.9. The summed E-state index contributed by atoms with van der Waals surface area (Å²) in [6, 6.07) is 3.44. The highest BCUT2D eigenvalue weighted by Gasteiger charge is 2.12. The Morgan fingerprint density at radius 2 is 2.06 bits per heavy atom. The number of rotatable bonds is 6. The molecule has 0 fully saturated rings. The number of hydrogen-bond acceptors (Lipinski definition) is 3. The van der Waals surface area contributed by atoms with Gasteiger partial charge in [0.15, 0.2) is 0 Å². The SMILES string of the molecule is O=S(=O)(CCCCO)Nc1cc(F)ccc1Cl. The molecule has 0 amide bonds. The van der Waals surface area contributed by atoms with Crippen LogP contribution in [0.15, 0.2) is 18.2 Å². The number of unbranched alkanes of at least 4 members (excludes halogenated alkanes) is 1. The first-order valence-corrected chi connectivity index (χ1v) is 7.04. The largest absolute Gasteiger partial charge is 0.396 e. The topological polar surface area (TPSA) is 66.4 Å². The molecule has 1 aromatic carbocycles. The molecule has 0 saturated heterocycles. The highest BCUT2D eigenvalue weighted by atomic mass is 35.5. The van der Waals surface area contributed by atoms with E-state index in [0.29, 0.717) is 12.8 Å². The molecule has 0 saturated carbocycles. The molecule has 96 valence electrons. The van der Waals surface area contributed by atoms with Crippen molar-refractivity contribution in [3.63, 3.8) is 0 Å². The smallest absolute Gasteiger partial charge is 0.232 e. The first-order chi connectivity index (χ1) is 7.94. The third-order valence-electron chi connectivity index (χ3n) is 2.02. The normalized spacial score (nSPS) is 11.5. The predicted molar refractivity (Wildman–Crippen MR) is 65.1 cm³/mol. The molecule has 17 heavy (non-hydrogen) atoms. The molecule has 0 aliphatic carbocycles. The summed E-state index contributed by atoms with van der Waals surface area (Å²) in [5, 5.41) is 8.68. The van der Waals surface area contributed by atoms with Gasteiger partial charge in [0.05, 0.1) is 16.5 Å². The molecule has 0 aliphatic heterocycles. The van der Waals surface area contributed by atoms with Crippen molar-refractivity contribution < 1.29 is 17.9 Å². The minimum Gasteiger partial charge on any atom is -0.396 e. The number of aliphatic hydroxyl groups is 1. The molecule has 0 unspecified atom stereocenters. The van der Waals surface area contributed by atoms with E-state index < -0.39 is 15.8 Å². The molecule has 0 atom stereocenters. The zero-order valence-corrected chi connectivity index (χ0v) is 10.6. The molecule has 0 aliphatic rings. The molecule has 0 bridgehead atoms. The molecule has 0 heterocycles. The van der Waals surface area contributed by atoms with E-state index >= 15 is 0 Å². The highest BCUT2D eigenvalue weighted by molar-refractivity contribution is 7.92. The molecule has 1 aromatic rings. The molecular weight excluding hydrogens is 269 g/mol. The average Bonchev–Trinajstić information content (AvgIpc) is 2.23. The lowest BCUT2D eigenvalue weighted by molar-refractivity contribution is 0.287. The molecule has 2 N–H and O–H groups in total. The van der Waals surface area contributed by atoms with Gasteiger partial charge in [-0.2, -0.15) is 0 Å². The summed E-state index contributed by atoms with van der Waals surface area (Å²) >= 11 is 5.73. The van der Waals surface area contributed by atoms with Gasteiger partial charge in [-0.3, -0.25) is 4.72 Å². The van der Waals surface area contributed by atoms with Gasteiger partial charge in [-0.1, -0.05) is 11.6 Å². The van der Waals surface area contributed by atoms with Crippen LogP contribution in [-0.2, 0) is 10.0 Å². The van der Waals surface area contributed by atoms with Crippen molar-refractivity contribution in [1.82, 2.24) is 0 Å².